The van der Waals surface area contributed by atoms with Crippen molar-refractivity contribution >= 4 is 32.9 Å². The molecule has 20 heavy (non-hydrogen) atoms. The maximum atomic E-state index is 6.07. The standard InChI is InChI=1S/C15H16BrN3O/c1-10(4-6-12-3-2-8-20-12)19-14-7-5-11(16)9-13(14)18-15(19)17/h2-3,5,7-10H,4,6H2,1H3,(H2,17,18). The van der Waals surface area contributed by atoms with E-state index in [1.54, 1.807) is 6.26 Å². The van der Waals surface area contributed by atoms with Crippen LogP contribution in [0.3, 0.4) is 0 Å². The molecule has 3 aromatic rings. The molecule has 5 heteroatoms. The van der Waals surface area contributed by atoms with E-state index in [9.17, 15) is 0 Å². The van der Waals surface area contributed by atoms with Gasteiger partial charge in [0, 0.05) is 16.9 Å². The van der Waals surface area contributed by atoms with E-state index in [2.05, 4.69) is 32.4 Å². The number of halogens is 1. The van der Waals surface area contributed by atoms with Crippen LogP contribution >= 0.6 is 15.9 Å². The summed E-state index contributed by atoms with van der Waals surface area (Å²) >= 11 is 3.46. The smallest absolute Gasteiger partial charge is 0.201 e. The Morgan fingerprint density at radius 1 is 1.40 bits per heavy atom. The molecule has 104 valence electrons. The van der Waals surface area contributed by atoms with E-state index in [0.29, 0.717) is 5.95 Å². The zero-order valence-corrected chi connectivity index (χ0v) is 12.8. The monoisotopic (exact) mass is 333 g/mol. The van der Waals surface area contributed by atoms with E-state index in [-0.39, 0.29) is 6.04 Å². The molecule has 2 heterocycles. The number of benzene rings is 1. The van der Waals surface area contributed by atoms with Crippen molar-refractivity contribution < 1.29 is 4.42 Å². The molecule has 0 spiro atoms. The Balaban J connectivity index is 1.87. The van der Waals surface area contributed by atoms with Gasteiger partial charge in [-0.1, -0.05) is 15.9 Å². The topological polar surface area (TPSA) is 57.0 Å². The highest BCUT2D eigenvalue weighted by Gasteiger charge is 2.14. The van der Waals surface area contributed by atoms with Crippen LogP contribution in [0.15, 0.2) is 45.5 Å². The van der Waals surface area contributed by atoms with Gasteiger partial charge in [0.15, 0.2) is 0 Å². The summed E-state index contributed by atoms with van der Waals surface area (Å²) in [5.74, 6) is 1.56. The summed E-state index contributed by atoms with van der Waals surface area (Å²) in [6, 6.07) is 10.2. The molecule has 0 radical (unpaired) electrons. The van der Waals surface area contributed by atoms with Gasteiger partial charge in [0.05, 0.1) is 17.3 Å². The SMILES string of the molecule is CC(CCc1ccco1)n1c(N)nc2cc(Br)ccc21. The third-order valence-electron chi connectivity index (χ3n) is 3.51. The van der Waals surface area contributed by atoms with Crippen LogP contribution in [0, 0.1) is 0 Å². The number of nitrogens with zero attached hydrogens (tertiary/aromatic N) is 2. The molecule has 0 aliphatic heterocycles. The number of aromatic nitrogens is 2. The molecule has 0 fully saturated rings. The van der Waals surface area contributed by atoms with Crippen LogP contribution in [0.2, 0.25) is 0 Å². The number of rotatable bonds is 4. The maximum Gasteiger partial charge on any atom is 0.201 e. The number of nitrogens with two attached hydrogens (primary N) is 1. The van der Waals surface area contributed by atoms with Crippen molar-refractivity contribution in [3.63, 3.8) is 0 Å². The van der Waals surface area contributed by atoms with Crippen molar-refractivity contribution in [2.75, 3.05) is 5.73 Å². The van der Waals surface area contributed by atoms with Gasteiger partial charge in [0.1, 0.15) is 5.76 Å². The molecule has 4 nitrogen and oxygen atoms in total. The largest absolute Gasteiger partial charge is 0.469 e. The zero-order valence-electron chi connectivity index (χ0n) is 11.2. The first-order valence-electron chi connectivity index (χ1n) is 6.60. The van der Waals surface area contributed by atoms with Crippen LogP contribution < -0.4 is 5.73 Å². The van der Waals surface area contributed by atoms with Crippen molar-refractivity contribution in [3.8, 4) is 0 Å². The second-order valence-corrected chi connectivity index (χ2v) is 5.86. The van der Waals surface area contributed by atoms with E-state index in [0.717, 1.165) is 34.1 Å². The first-order valence-corrected chi connectivity index (χ1v) is 7.40. The van der Waals surface area contributed by atoms with E-state index < -0.39 is 0 Å². The minimum atomic E-state index is 0.270. The molecular weight excluding hydrogens is 318 g/mol. The summed E-state index contributed by atoms with van der Waals surface area (Å²) in [6.45, 7) is 2.16. The lowest BCUT2D eigenvalue weighted by atomic mass is 10.1. The highest BCUT2D eigenvalue weighted by molar-refractivity contribution is 9.10. The Morgan fingerprint density at radius 2 is 2.25 bits per heavy atom. The Hall–Kier alpha value is -1.75. The Bertz CT molecular complexity index is 718. The Kier molecular flexibility index (Phi) is 3.53. The molecule has 2 aromatic heterocycles. The van der Waals surface area contributed by atoms with Gasteiger partial charge in [-0.3, -0.25) is 0 Å². The van der Waals surface area contributed by atoms with Crippen molar-refractivity contribution in [1.29, 1.82) is 0 Å². The Labute approximate surface area is 125 Å². The van der Waals surface area contributed by atoms with E-state index in [1.807, 2.05) is 30.3 Å². The van der Waals surface area contributed by atoms with Gasteiger partial charge in [0.2, 0.25) is 5.95 Å². The Morgan fingerprint density at radius 3 is 3.00 bits per heavy atom. The molecule has 3 rings (SSSR count). The molecular formula is C15H16BrN3O. The molecule has 1 atom stereocenters. The van der Waals surface area contributed by atoms with Crippen LogP contribution in [-0.4, -0.2) is 9.55 Å². The van der Waals surface area contributed by atoms with Crippen LogP contribution in [0.1, 0.15) is 25.1 Å². The third-order valence-corrected chi connectivity index (χ3v) is 4.00. The van der Waals surface area contributed by atoms with Crippen LogP contribution in [0.4, 0.5) is 5.95 Å². The second kappa shape index (κ2) is 5.32. The highest BCUT2D eigenvalue weighted by atomic mass is 79.9. The number of aryl methyl sites for hydroxylation is 1. The van der Waals surface area contributed by atoms with E-state index >= 15 is 0 Å². The number of anilines is 1. The molecule has 0 aliphatic rings. The average Bonchev–Trinajstić information content (AvgIpc) is 3.02. The fourth-order valence-electron chi connectivity index (χ4n) is 2.49. The molecule has 0 amide bonds. The summed E-state index contributed by atoms with van der Waals surface area (Å²) in [7, 11) is 0. The number of hydrogen-bond donors (Lipinski definition) is 1. The molecule has 1 aromatic carbocycles. The number of nitrogen functional groups attached to an aromatic ring is 1. The maximum absolute atomic E-state index is 6.07. The lowest BCUT2D eigenvalue weighted by Crippen LogP contribution is -2.09. The summed E-state index contributed by atoms with van der Waals surface area (Å²) < 4.78 is 8.47. The van der Waals surface area contributed by atoms with E-state index in [4.69, 9.17) is 10.2 Å². The van der Waals surface area contributed by atoms with Gasteiger partial charge >= 0.3 is 0 Å². The number of imidazole rings is 1. The van der Waals surface area contributed by atoms with Crippen molar-refractivity contribution in [2.45, 2.75) is 25.8 Å². The third kappa shape index (κ3) is 2.45. The summed E-state index contributed by atoms with van der Waals surface area (Å²) in [5, 5.41) is 0. The second-order valence-electron chi connectivity index (χ2n) is 4.94. The van der Waals surface area contributed by atoms with Gasteiger partial charge < -0.3 is 14.7 Å². The summed E-state index contributed by atoms with van der Waals surface area (Å²) in [6.07, 6.45) is 3.56. The molecule has 0 aliphatic carbocycles. The van der Waals surface area contributed by atoms with Crippen molar-refractivity contribution in [2.24, 2.45) is 0 Å². The highest BCUT2D eigenvalue weighted by Crippen LogP contribution is 2.27. The van der Waals surface area contributed by atoms with Crippen LogP contribution in [0.25, 0.3) is 11.0 Å². The first kappa shape index (κ1) is 13.2. The molecule has 0 bridgehead atoms. The fraction of sp³-hybridized carbons (Fsp3) is 0.267. The molecule has 0 saturated heterocycles. The minimum absolute atomic E-state index is 0.270. The fourth-order valence-corrected chi connectivity index (χ4v) is 2.84. The molecule has 1 unspecified atom stereocenters. The normalized spacial score (nSPS) is 12.9. The van der Waals surface area contributed by atoms with Crippen molar-refractivity contribution in [3.05, 3.63) is 46.8 Å². The first-order chi connectivity index (χ1) is 9.65. The molecule has 0 saturated carbocycles. The van der Waals surface area contributed by atoms with Crippen LogP contribution in [-0.2, 0) is 6.42 Å². The van der Waals surface area contributed by atoms with Gasteiger partial charge in [0.25, 0.3) is 0 Å². The average molecular weight is 334 g/mol. The molecule has 2 N–H and O–H groups in total. The van der Waals surface area contributed by atoms with Gasteiger partial charge in [-0.15, -0.1) is 0 Å². The predicted molar refractivity (Wildman–Crippen MR) is 83.6 cm³/mol. The number of fused-ring (bicyclic) bond motifs is 1. The summed E-state index contributed by atoms with van der Waals surface area (Å²) in [5.41, 5.74) is 8.05. The quantitative estimate of drug-likeness (QED) is 0.779. The number of hydrogen-bond acceptors (Lipinski definition) is 3. The van der Waals surface area contributed by atoms with Crippen LogP contribution in [0.5, 0.6) is 0 Å². The lowest BCUT2D eigenvalue weighted by Gasteiger charge is -2.15. The van der Waals surface area contributed by atoms with Gasteiger partial charge in [-0.2, -0.15) is 0 Å². The zero-order chi connectivity index (χ0) is 14.1. The minimum Gasteiger partial charge on any atom is -0.469 e. The van der Waals surface area contributed by atoms with Crippen molar-refractivity contribution in [1.82, 2.24) is 9.55 Å². The van der Waals surface area contributed by atoms with Gasteiger partial charge in [-0.05, 0) is 43.7 Å². The van der Waals surface area contributed by atoms with E-state index in [1.165, 1.54) is 0 Å². The predicted octanol–water partition coefficient (Wildman–Crippen LogP) is 4.17. The lowest BCUT2D eigenvalue weighted by molar-refractivity contribution is 0.460. The van der Waals surface area contributed by atoms with Gasteiger partial charge in [-0.25, -0.2) is 4.98 Å². The number of furan rings is 1. The summed E-state index contributed by atoms with van der Waals surface area (Å²) in [4.78, 5) is 4.43.